The van der Waals surface area contributed by atoms with E-state index in [1.165, 1.54) is 38.5 Å². The Bertz CT molecular complexity index is 823. The van der Waals surface area contributed by atoms with Crippen LogP contribution in [0.15, 0.2) is 41.3 Å². The van der Waals surface area contributed by atoms with Crippen LogP contribution < -0.4 is 18.9 Å². The quantitative estimate of drug-likeness (QED) is 0.826. The highest BCUT2D eigenvalue weighted by molar-refractivity contribution is 7.92. The van der Waals surface area contributed by atoms with Crippen LogP contribution in [0.5, 0.6) is 17.2 Å². The normalized spacial score (nSPS) is 11.0. The van der Waals surface area contributed by atoms with Crippen LogP contribution in [0.4, 0.5) is 10.1 Å². The predicted molar refractivity (Wildman–Crippen MR) is 87.9 cm³/mol. The average Bonchev–Trinajstić information content (AvgIpc) is 2.56. The molecule has 0 aliphatic rings. The number of methoxy groups -OCH3 is 2. The first kappa shape index (κ1) is 17.9. The van der Waals surface area contributed by atoms with Crippen LogP contribution in [-0.2, 0) is 10.0 Å². The number of ether oxygens (including phenoxy) is 3. The molecule has 0 radical (unpaired) electrons. The van der Waals surface area contributed by atoms with Gasteiger partial charge in [0.25, 0.3) is 10.0 Å². The molecule has 0 amide bonds. The summed E-state index contributed by atoms with van der Waals surface area (Å²) < 4.78 is 56.5. The maximum atomic E-state index is 13.9. The Morgan fingerprint density at radius 1 is 1.04 bits per heavy atom. The minimum atomic E-state index is -3.99. The van der Waals surface area contributed by atoms with Crippen LogP contribution in [0.25, 0.3) is 0 Å². The van der Waals surface area contributed by atoms with Gasteiger partial charge in [-0.15, -0.1) is 0 Å². The summed E-state index contributed by atoms with van der Waals surface area (Å²) in [6.45, 7) is 2.04. The summed E-state index contributed by atoms with van der Waals surface area (Å²) in [5.74, 6) is -0.0992. The van der Waals surface area contributed by atoms with Crippen molar-refractivity contribution in [2.45, 2.75) is 11.8 Å². The van der Waals surface area contributed by atoms with E-state index in [1.807, 2.05) is 0 Å². The van der Waals surface area contributed by atoms with Crippen molar-refractivity contribution in [1.29, 1.82) is 0 Å². The number of hydrogen-bond donors (Lipinski definition) is 1. The van der Waals surface area contributed by atoms with Crippen LogP contribution in [0.2, 0.25) is 0 Å². The van der Waals surface area contributed by atoms with Gasteiger partial charge < -0.3 is 14.2 Å². The lowest BCUT2D eigenvalue weighted by atomic mass is 10.3. The van der Waals surface area contributed by atoms with Gasteiger partial charge in [-0.1, -0.05) is 0 Å². The summed E-state index contributed by atoms with van der Waals surface area (Å²) in [4.78, 5) is -0.112. The Balaban J connectivity index is 2.36. The summed E-state index contributed by atoms with van der Waals surface area (Å²) in [7, 11) is -1.21. The molecule has 0 saturated carbocycles. The van der Waals surface area contributed by atoms with Crippen molar-refractivity contribution in [2.24, 2.45) is 0 Å². The minimum Gasteiger partial charge on any atom is -0.497 e. The molecule has 24 heavy (non-hydrogen) atoms. The SMILES string of the molecule is CCOc1ccc(NS(=O)(=O)c2cc(OC)ccc2OC)cc1F. The largest absolute Gasteiger partial charge is 0.497 e. The van der Waals surface area contributed by atoms with E-state index in [1.54, 1.807) is 13.0 Å². The van der Waals surface area contributed by atoms with Gasteiger partial charge in [0.15, 0.2) is 11.6 Å². The highest BCUT2D eigenvalue weighted by Crippen LogP contribution is 2.30. The lowest BCUT2D eigenvalue weighted by molar-refractivity contribution is 0.321. The predicted octanol–water partition coefficient (Wildman–Crippen LogP) is 3.04. The first-order valence-electron chi connectivity index (χ1n) is 7.08. The highest BCUT2D eigenvalue weighted by Gasteiger charge is 2.21. The second-order valence-electron chi connectivity index (χ2n) is 4.70. The van der Waals surface area contributed by atoms with Crippen molar-refractivity contribution < 1.29 is 27.0 Å². The smallest absolute Gasteiger partial charge is 0.265 e. The fraction of sp³-hybridized carbons (Fsp3) is 0.250. The molecule has 8 heteroatoms. The third kappa shape index (κ3) is 3.88. The van der Waals surface area contributed by atoms with Gasteiger partial charge in [-0.05, 0) is 31.2 Å². The fourth-order valence-electron chi connectivity index (χ4n) is 2.04. The lowest BCUT2D eigenvalue weighted by Gasteiger charge is -2.13. The molecule has 0 saturated heterocycles. The molecular weight excluding hydrogens is 337 g/mol. The zero-order valence-electron chi connectivity index (χ0n) is 13.5. The van der Waals surface area contributed by atoms with E-state index in [4.69, 9.17) is 14.2 Å². The molecule has 2 aromatic rings. The number of nitrogens with one attached hydrogen (secondary N) is 1. The van der Waals surface area contributed by atoms with Crippen molar-refractivity contribution in [2.75, 3.05) is 25.5 Å². The maximum absolute atomic E-state index is 13.9. The van der Waals surface area contributed by atoms with Crippen LogP contribution in [-0.4, -0.2) is 29.2 Å². The van der Waals surface area contributed by atoms with Crippen LogP contribution in [0.3, 0.4) is 0 Å². The molecule has 0 aliphatic carbocycles. The van der Waals surface area contributed by atoms with Crippen molar-refractivity contribution in [3.8, 4) is 17.2 Å². The van der Waals surface area contributed by atoms with Gasteiger partial charge in [0, 0.05) is 12.1 Å². The summed E-state index contributed by atoms with van der Waals surface area (Å²) in [5.41, 5.74) is 0.0702. The lowest BCUT2D eigenvalue weighted by Crippen LogP contribution is -2.14. The third-order valence-electron chi connectivity index (χ3n) is 3.14. The number of benzene rings is 2. The van der Waals surface area contributed by atoms with Gasteiger partial charge in [-0.25, -0.2) is 12.8 Å². The number of anilines is 1. The molecule has 0 atom stereocenters. The standard InChI is InChI=1S/C16H18FNO5S/c1-4-23-14-7-5-11(9-13(14)17)18-24(19,20)16-10-12(21-2)6-8-15(16)22-3/h5-10,18H,4H2,1-3H3. The molecule has 0 heterocycles. The molecule has 1 N–H and O–H groups in total. The fourth-order valence-corrected chi connectivity index (χ4v) is 3.28. The zero-order valence-corrected chi connectivity index (χ0v) is 14.3. The summed E-state index contributed by atoms with van der Waals surface area (Å²) in [5, 5.41) is 0. The number of sulfonamides is 1. The van der Waals surface area contributed by atoms with Crippen LogP contribution >= 0.6 is 0 Å². The van der Waals surface area contributed by atoms with Crippen LogP contribution in [0.1, 0.15) is 6.92 Å². The topological polar surface area (TPSA) is 73.9 Å². The molecule has 0 unspecified atom stereocenters. The minimum absolute atomic E-state index is 0.0550. The molecular formula is C16H18FNO5S. The van der Waals surface area contributed by atoms with E-state index in [2.05, 4.69) is 4.72 Å². The summed E-state index contributed by atoms with van der Waals surface area (Å²) >= 11 is 0. The van der Waals surface area contributed by atoms with E-state index in [9.17, 15) is 12.8 Å². The second-order valence-corrected chi connectivity index (χ2v) is 6.35. The van der Waals surface area contributed by atoms with Crippen LogP contribution in [0, 0.1) is 5.82 Å². The molecule has 0 bridgehead atoms. The summed E-state index contributed by atoms with van der Waals surface area (Å²) in [6, 6.07) is 8.21. The Morgan fingerprint density at radius 2 is 1.75 bits per heavy atom. The number of rotatable bonds is 7. The van der Waals surface area contributed by atoms with Gasteiger partial charge >= 0.3 is 0 Å². The number of halogens is 1. The van der Waals surface area contributed by atoms with Gasteiger partial charge in [0.2, 0.25) is 0 Å². The Kier molecular flexibility index (Phi) is 5.50. The zero-order chi connectivity index (χ0) is 17.7. The van der Waals surface area contributed by atoms with E-state index >= 15 is 0 Å². The van der Waals surface area contributed by atoms with Gasteiger partial charge in [0.05, 0.1) is 26.5 Å². The number of hydrogen-bond acceptors (Lipinski definition) is 5. The molecule has 6 nitrogen and oxygen atoms in total. The molecule has 2 aromatic carbocycles. The Hall–Kier alpha value is -2.48. The van der Waals surface area contributed by atoms with Gasteiger partial charge in [-0.2, -0.15) is 0 Å². The van der Waals surface area contributed by atoms with Gasteiger partial charge in [-0.3, -0.25) is 4.72 Å². The second kappa shape index (κ2) is 7.39. The molecule has 0 spiro atoms. The molecule has 2 rings (SSSR count). The van der Waals surface area contributed by atoms with Gasteiger partial charge in [0.1, 0.15) is 16.4 Å². The first-order valence-corrected chi connectivity index (χ1v) is 8.56. The van der Waals surface area contributed by atoms with Crippen molar-refractivity contribution >= 4 is 15.7 Å². The third-order valence-corrected chi connectivity index (χ3v) is 4.55. The average molecular weight is 355 g/mol. The summed E-state index contributed by atoms with van der Waals surface area (Å²) in [6.07, 6.45) is 0. The van der Waals surface area contributed by atoms with Crippen molar-refractivity contribution in [1.82, 2.24) is 0 Å². The van der Waals surface area contributed by atoms with E-state index in [0.717, 1.165) is 6.07 Å². The first-order chi connectivity index (χ1) is 11.4. The monoisotopic (exact) mass is 355 g/mol. The maximum Gasteiger partial charge on any atom is 0.265 e. The Morgan fingerprint density at radius 3 is 2.33 bits per heavy atom. The van der Waals surface area contributed by atoms with E-state index < -0.39 is 15.8 Å². The van der Waals surface area contributed by atoms with E-state index in [0.29, 0.717) is 12.4 Å². The molecule has 130 valence electrons. The van der Waals surface area contributed by atoms with Crippen molar-refractivity contribution in [3.05, 3.63) is 42.2 Å². The molecule has 0 fully saturated rings. The highest BCUT2D eigenvalue weighted by atomic mass is 32.2. The molecule has 0 aliphatic heterocycles. The van der Waals surface area contributed by atoms with Crippen molar-refractivity contribution in [3.63, 3.8) is 0 Å². The molecule has 0 aromatic heterocycles. The Labute approximate surface area is 140 Å². The van der Waals surface area contributed by atoms with E-state index in [-0.39, 0.29) is 22.1 Å².